The van der Waals surface area contributed by atoms with Gasteiger partial charge in [0.25, 0.3) is 0 Å². The van der Waals surface area contributed by atoms with Crippen LogP contribution in [0, 0.1) is 5.92 Å². The molecule has 1 aliphatic rings. The molecule has 1 aliphatic heterocycles. The van der Waals surface area contributed by atoms with Crippen molar-refractivity contribution >= 4 is 6.09 Å². The lowest BCUT2D eigenvalue weighted by Gasteiger charge is -2.43. The standard InChI is InChI=1S/C15H30N2O4/c1-15(2,3)17(14(19)20)12(13(18)10-16-4)9-11-5-7-21-8-6-11/h11-13,16,18H,5-10H2,1-4H3,(H,19,20)/t12-,13+/m0/s1. The zero-order valence-electron chi connectivity index (χ0n) is 13.6. The molecular formula is C15H30N2O4. The molecule has 0 unspecified atom stereocenters. The number of hydrogen-bond acceptors (Lipinski definition) is 4. The van der Waals surface area contributed by atoms with Gasteiger partial charge in [-0.3, -0.25) is 4.90 Å². The number of carboxylic acid groups (broad SMARTS) is 1. The van der Waals surface area contributed by atoms with E-state index in [1.807, 2.05) is 20.8 Å². The van der Waals surface area contributed by atoms with Crippen LogP contribution in [0.3, 0.4) is 0 Å². The first kappa shape index (κ1) is 18.2. The molecular weight excluding hydrogens is 272 g/mol. The Kier molecular flexibility index (Phi) is 6.90. The van der Waals surface area contributed by atoms with Crippen LogP contribution in [0.25, 0.3) is 0 Å². The monoisotopic (exact) mass is 302 g/mol. The van der Waals surface area contributed by atoms with Crippen LogP contribution in [0.2, 0.25) is 0 Å². The molecule has 0 bridgehead atoms. The minimum Gasteiger partial charge on any atom is -0.465 e. The van der Waals surface area contributed by atoms with Crippen LogP contribution < -0.4 is 5.32 Å². The molecule has 1 heterocycles. The van der Waals surface area contributed by atoms with Gasteiger partial charge in [0.15, 0.2) is 0 Å². The Morgan fingerprint density at radius 1 is 1.38 bits per heavy atom. The number of likely N-dealkylation sites (N-methyl/N-ethyl adjacent to an activating group) is 1. The summed E-state index contributed by atoms with van der Waals surface area (Å²) in [6.45, 7) is 7.43. The van der Waals surface area contributed by atoms with Crippen LogP contribution in [0.4, 0.5) is 4.79 Å². The lowest BCUT2D eigenvalue weighted by Crippen LogP contribution is -2.57. The van der Waals surface area contributed by atoms with Gasteiger partial charge in [-0.05, 0) is 53.0 Å². The van der Waals surface area contributed by atoms with Crippen molar-refractivity contribution in [3.8, 4) is 0 Å². The van der Waals surface area contributed by atoms with E-state index in [4.69, 9.17) is 4.74 Å². The highest BCUT2D eigenvalue weighted by atomic mass is 16.5. The highest BCUT2D eigenvalue weighted by Gasteiger charge is 2.38. The van der Waals surface area contributed by atoms with Gasteiger partial charge in [0, 0.05) is 25.3 Å². The first-order valence-corrected chi connectivity index (χ1v) is 7.70. The molecule has 0 aromatic carbocycles. The molecule has 0 spiro atoms. The molecule has 124 valence electrons. The Morgan fingerprint density at radius 2 is 1.95 bits per heavy atom. The van der Waals surface area contributed by atoms with Crippen molar-refractivity contribution in [3.63, 3.8) is 0 Å². The Labute approximate surface area is 127 Å². The number of carbonyl (C=O) groups is 1. The maximum Gasteiger partial charge on any atom is 0.408 e. The Bertz CT molecular complexity index is 324. The van der Waals surface area contributed by atoms with Crippen molar-refractivity contribution < 1.29 is 19.7 Å². The quantitative estimate of drug-likeness (QED) is 0.693. The van der Waals surface area contributed by atoms with Gasteiger partial charge in [-0.2, -0.15) is 0 Å². The van der Waals surface area contributed by atoms with Crippen LogP contribution in [0.5, 0.6) is 0 Å². The predicted molar refractivity (Wildman–Crippen MR) is 81.5 cm³/mol. The summed E-state index contributed by atoms with van der Waals surface area (Å²) in [5.74, 6) is 0.402. The molecule has 6 heteroatoms. The van der Waals surface area contributed by atoms with E-state index in [1.165, 1.54) is 4.90 Å². The minimum atomic E-state index is -0.977. The lowest BCUT2D eigenvalue weighted by atomic mass is 9.87. The Hall–Kier alpha value is -0.850. The number of aliphatic hydroxyl groups excluding tert-OH is 1. The summed E-state index contributed by atoms with van der Waals surface area (Å²) in [4.78, 5) is 13.1. The number of nitrogens with zero attached hydrogens (tertiary/aromatic N) is 1. The fraction of sp³-hybridized carbons (Fsp3) is 0.933. The summed E-state index contributed by atoms with van der Waals surface area (Å²) >= 11 is 0. The third-order valence-electron chi connectivity index (χ3n) is 4.03. The van der Waals surface area contributed by atoms with Crippen molar-refractivity contribution in [2.24, 2.45) is 5.92 Å². The zero-order valence-corrected chi connectivity index (χ0v) is 13.6. The summed E-state index contributed by atoms with van der Waals surface area (Å²) in [7, 11) is 1.76. The maximum absolute atomic E-state index is 11.7. The second kappa shape index (κ2) is 7.96. The number of amides is 1. The van der Waals surface area contributed by atoms with E-state index in [-0.39, 0.29) is 0 Å². The van der Waals surface area contributed by atoms with E-state index in [0.29, 0.717) is 18.9 Å². The molecule has 6 nitrogen and oxygen atoms in total. The number of rotatable bonds is 6. The molecule has 3 N–H and O–H groups in total. The Morgan fingerprint density at radius 3 is 2.38 bits per heavy atom. The van der Waals surface area contributed by atoms with Gasteiger partial charge < -0.3 is 20.3 Å². The molecule has 2 atom stereocenters. The first-order valence-electron chi connectivity index (χ1n) is 7.70. The van der Waals surface area contributed by atoms with E-state index in [1.54, 1.807) is 7.05 Å². The SMILES string of the molecule is CNC[C@@H](O)[C@H](CC1CCOCC1)N(C(=O)O)C(C)(C)C. The van der Waals surface area contributed by atoms with Crippen LogP contribution >= 0.6 is 0 Å². The smallest absolute Gasteiger partial charge is 0.408 e. The zero-order chi connectivity index (χ0) is 16.0. The highest BCUT2D eigenvalue weighted by molar-refractivity contribution is 5.66. The molecule has 0 aliphatic carbocycles. The van der Waals surface area contributed by atoms with Gasteiger partial charge in [-0.15, -0.1) is 0 Å². The van der Waals surface area contributed by atoms with E-state index < -0.39 is 23.8 Å². The van der Waals surface area contributed by atoms with Gasteiger partial charge in [0.2, 0.25) is 0 Å². The molecule has 0 saturated carbocycles. The van der Waals surface area contributed by atoms with Crippen molar-refractivity contribution in [1.82, 2.24) is 10.2 Å². The van der Waals surface area contributed by atoms with Crippen molar-refractivity contribution in [3.05, 3.63) is 0 Å². The molecule has 0 aromatic heterocycles. The van der Waals surface area contributed by atoms with Crippen LogP contribution in [-0.4, -0.2) is 65.7 Å². The number of nitrogens with one attached hydrogen (secondary N) is 1. The maximum atomic E-state index is 11.7. The molecule has 1 amide bonds. The molecule has 1 fully saturated rings. The van der Waals surface area contributed by atoms with Gasteiger partial charge in [-0.1, -0.05) is 0 Å². The first-order chi connectivity index (χ1) is 9.77. The fourth-order valence-corrected chi connectivity index (χ4v) is 3.03. The van der Waals surface area contributed by atoms with E-state index in [0.717, 1.165) is 26.1 Å². The number of ether oxygens (including phenoxy) is 1. The van der Waals surface area contributed by atoms with Crippen LogP contribution in [0.15, 0.2) is 0 Å². The average molecular weight is 302 g/mol. The van der Waals surface area contributed by atoms with Gasteiger partial charge in [-0.25, -0.2) is 4.79 Å². The van der Waals surface area contributed by atoms with E-state index in [2.05, 4.69) is 5.32 Å². The van der Waals surface area contributed by atoms with E-state index >= 15 is 0 Å². The third-order valence-corrected chi connectivity index (χ3v) is 4.03. The number of aliphatic hydroxyl groups is 1. The average Bonchev–Trinajstić information content (AvgIpc) is 2.37. The summed E-state index contributed by atoms with van der Waals surface area (Å²) in [5.41, 5.74) is -0.545. The van der Waals surface area contributed by atoms with Gasteiger partial charge in [0.05, 0.1) is 12.1 Å². The second-order valence-corrected chi connectivity index (χ2v) is 6.81. The van der Waals surface area contributed by atoms with Crippen molar-refractivity contribution in [2.75, 3.05) is 26.8 Å². The lowest BCUT2D eigenvalue weighted by molar-refractivity contribution is -0.0136. The van der Waals surface area contributed by atoms with E-state index in [9.17, 15) is 15.0 Å². The highest BCUT2D eigenvalue weighted by Crippen LogP contribution is 2.28. The molecule has 21 heavy (non-hydrogen) atoms. The van der Waals surface area contributed by atoms with Gasteiger partial charge >= 0.3 is 6.09 Å². The molecule has 0 aromatic rings. The number of hydrogen-bond donors (Lipinski definition) is 3. The molecule has 0 radical (unpaired) electrons. The normalized spacial score (nSPS) is 20.0. The predicted octanol–water partition coefficient (Wildman–Crippen LogP) is 1.53. The minimum absolute atomic E-state index is 0.383. The van der Waals surface area contributed by atoms with Crippen LogP contribution in [0.1, 0.15) is 40.0 Å². The molecule has 1 rings (SSSR count). The van der Waals surface area contributed by atoms with Gasteiger partial charge in [0.1, 0.15) is 0 Å². The summed E-state index contributed by atoms with van der Waals surface area (Å²) in [6.07, 6.45) is 0.846. The Balaban J connectivity index is 2.90. The summed E-state index contributed by atoms with van der Waals surface area (Å²) in [6, 6.07) is -0.405. The fourth-order valence-electron chi connectivity index (χ4n) is 3.03. The summed E-state index contributed by atoms with van der Waals surface area (Å²) < 4.78 is 5.36. The topological polar surface area (TPSA) is 82.0 Å². The largest absolute Gasteiger partial charge is 0.465 e. The second-order valence-electron chi connectivity index (χ2n) is 6.81. The van der Waals surface area contributed by atoms with Crippen molar-refractivity contribution in [2.45, 2.75) is 57.7 Å². The summed E-state index contributed by atoms with van der Waals surface area (Å²) in [5, 5.41) is 23.0. The third kappa shape index (κ3) is 5.45. The molecule has 1 saturated heterocycles. The van der Waals surface area contributed by atoms with Crippen LogP contribution in [-0.2, 0) is 4.74 Å². The van der Waals surface area contributed by atoms with Crippen molar-refractivity contribution in [1.29, 1.82) is 0 Å².